The Morgan fingerprint density at radius 3 is 2.88 bits per heavy atom. The lowest BCUT2D eigenvalue weighted by atomic mass is 10.0. The maximum absolute atomic E-state index is 13.0. The molecule has 1 aromatic heterocycles. The van der Waals surface area contributed by atoms with Crippen LogP contribution in [0.1, 0.15) is 39.4 Å². The second-order valence-electron chi connectivity index (χ2n) is 6.72. The topological polar surface area (TPSA) is 69.7 Å². The lowest BCUT2D eigenvalue weighted by molar-refractivity contribution is -0.139. The summed E-state index contributed by atoms with van der Waals surface area (Å²) in [4.78, 5) is 41.6. The highest BCUT2D eigenvalue weighted by atomic mass is 32.1. The first-order chi connectivity index (χ1) is 12.5. The van der Waals surface area contributed by atoms with Crippen molar-refractivity contribution in [3.63, 3.8) is 0 Å². The van der Waals surface area contributed by atoms with Crippen LogP contribution in [0.5, 0.6) is 0 Å². The predicted octanol–water partition coefficient (Wildman–Crippen LogP) is 1.88. The first kappa shape index (κ1) is 17.0. The summed E-state index contributed by atoms with van der Waals surface area (Å²) in [6, 6.07) is 5.14. The Balaban J connectivity index is 1.67. The molecule has 3 heterocycles. The van der Waals surface area contributed by atoms with Gasteiger partial charge in [-0.15, -0.1) is 11.3 Å². The van der Waals surface area contributed by atoms with E-state index in [1.165, 1.54) is 11.3 Å². The zero-order chi connectivity index (χ0) is 18.4. The van der Waals surface area contributed by atoms with Gasteiger partial charge in [0.2, 0.25) is 5.91 Å². The first-order valence-corrected chi connectivity index (χ1v) is 9.76. The van der Waals surface area contributed by atoms with E-state index in [4.69, 9.17) is 0 Å². The Hall–Kier alpha value is -2.41. The third kappa shape index (κ3) is 2.58. The molecule has 0 saturated carbocycles. The molecule has 0 bridgehead atoms. The Labute approximate surface area is 155 Å². The molecular formula is C19H21N3O3S. The largest absolute Gasteiger partial charge is 0.351 e. The van der Waals surface area contributed by atoms with Crippen LogP contribution in [-0.4, -0.2) is 59.7 Å². The summed E-state index contributed by atoms with van der Waals surface area (Å²) in [5.74, 6) is -0.156. The van der Waals surface area contributed by atoms with E-state index >= 15 is 0 Å². The van der Waals surface area contributed by atoms with Crippen LogP contribution in [0.3, 0.4) is 0 Å². The maximum atomic E-state index is 13.0. The van der Waals surface area contributed by atoms with Gasteiger partial charge in [-0.3, -0.25) is 14.4 Å². The van der Waals surface area contributed by atoms with Gasteiger partial charge in [-0.25, -0.2) is 0 Å². The summed E-state index contributed by atoms with van der Waals surface area (Å²) >= 11 is 1.47. The number of carbonyl (C=O) groups is 3. The standard InChI is InChI=1S/C19H21N3O3S/c1-3-21-8-9-22(11(2)18(21)24)19(25)12-4-5-15-14(10-12)13-6-7-20-17(23)16(13)26-15/h4-5,10-11H,3,6-9H2,1-2H3,(H,20,23). The number of thiophene rings is 1. The van der Waals surface area contributed by atoms with Gasteiger partial charge in [0.05, 0.1) is 4.88 Å². The zero-order valence-electron chi connectivity index (χ0n) is 14.9. The molecule has 0 aliphatic carbocycles. The van der Waals surface area contributed by atoms with Crippen LogP contribution in [0, 0.1) is 0 Å². The van der Waals surface area contributed by atoms with E-state index in [0.717, 1.165) is 26.9 Å². The molecule has 7 heteroatoms. The molecule has 26 heavy (non-hydrogen) atoms. The number of hydrogen-bond acceptors (Lipinski definition) is 4. The molecule has 0 spiro atoms. The van der Waals surface area contributed by atoms with Gasteiger partial charge in [-0.05, 0) is 49.4 Å². The van der Waals surface area contributed by atoms with Crippen LogP contribution in [-0.2, 0) is 11.2 Å². The van der Waals surface area contributed by atoms with Gasteiger partial charge < -0.3 is 15.1 Å². The van der Waals surface area contributed by atoms with Crippen molar-refractivity contribution in [3.05, 3.63) is 34.2 Å². The molecule has 1 saturated heterocycles. The molecule has 136 valence electrons. The minimum Gasteiger partial charge on any atom is -0.351 e. The minimum absolute atomic E-state index is 0.00207. The van der Waals surface area contributed by atoms with E-state index < -0.39 is 6.04 Å². The van der Waals surface area contributed by atoms with Crippen molar-refractivity contribution in [1.29, 1.82) is 0 Å². The van der Waals surface area contributed by atoms with Crippen LogP contribution in [0.2, 0.25) is 0 Å². The fourth-order valence-corrected chi connectivity index (χ4v) is 4.93. The monoisotopic (exact) mass is 371 g/mol. The zero-order valence-corrected chi connectivity index (χ0v) is 15.7. The number of likely N-dealkylation sites (N-methyl/N-ethyl adjacent to an activating group) is 1. The Kier molecular flexibility index (Phi) is 4.19. The lowest BCUT2D eigenvalue weighted by Crippen LogP contribution is -2.57. The highest BCUT2D eigenvalue weighted by molar-refractivity contribution is 7.21. The lowest BCUT2D eigenvalue weighted by Gasteiger charge is -2.38. The number of piperazine rings is 1. The number of amides is 3. The van der Waals surface area contributed by atoms with Crippen LogP contribution < -0.4 is 5.32 Å². The molecule has 1 aromatic carbocycles. The number of fused-ring (bicyclic) bond motifs is 3. The van der Waals surface area contributed by atoms with Gasteiger partial charge in [0.25, 0.3) is 11.8 Å². The number of carbonyl (C=O) groups excluding carboxylic acids is 3. The van der Waals surface area contributed by atoms with Crippen LogP contribution in [0.25, 0.3) is 10.1 Å². The predicted molar refractivity (Wildman–Crippen MR) is 101 cm³/mol. The first-order valence-electron chi connectivity index (χ1n) is 8.94. The summed E-state index contributed by atoms with van der Waals surface area (Å²) in [6.07, 6.45) is 0.781. The van der Waals surface area contributed by atoms with E-state index in [9.17, 15) is 14.4 Å². The highest BCUT2D eigenvalue weighted by Gasteiger charge is 2.34. The van der Waals surface area contributed by atoms with Crippen LogP contribution in [0.15, 0.2) is 18.2 Å². The van der Waals surface area contributed by atoms with Gasteiger partial charge in [0.15, 0.2) is 0 Å². The van der Waals surface area contributed by atoms with Crippen molar-refractivity contribution in [2.24, 2.45) is 0 Å². The molecule has 2 aliphatic rings. The second-order valence-corrected chi connectivity index (χ2v) is 7.77. The molecule has 0 radical (unpaired) electrons. The van der Waals surface area contributed by atoms with Gasteiger partial charge >= 0.3 is 0 Å². The third-order valence-electron chi connectivity index (χ3n) is 5.29. The Morgan fingerprint density at radius 2 is 2.12 bits per heavy atom. The number of benzene rings is 1. The van der Waals surface area contributed by atoms with E-state index in [2.05, 4.69) is 5.32 Å². The number of nitrogens with one attached hydrogen (secondary N) is 1. The van der Waals surface area contributed by atoms with E-state index in [1.807, 2.05) is 19.1 Å². The normalized spacial score (nSPS) is 20.3. The van der Waals surface area contributed by atoms with Crippen LogP contribution in [0.4, 0.5) is 0 Å². The van der Waals surface area contributed by atoms with Crippen molar-refractivity contribution in [2.45, 2.75) is 26.3 Å². The van der Waals surface area contributed by atoms with Crippen molar-refractivity contribution < 1.29 is 14.4 Å². The number of rotatable bonds is 2. The smallest absolute Gasteiger partial charge is 0.261 e. The van der Waals surface area contributed by atoms with Crippen molar-refractivity contribution in [2.75, 3.05) is 26.2 Å². The van der Waals surface area contributed by atoms with E-state index in [1.54, 1.807) is 22.8 Å². The highest BCUT2D eigenvalue weighted by Crippen LogP contribution is 2.34. The van der Waals surface area contributed by atoms with Crippen molar-refractivity contribution in [3.8, 4) is 0 Å². The fourth-order valence-electron chi connectivity index (χ4n) is 3.78. The van der Waals surface area contributed by atoms with E-state index in [0.29, 0.717) is 31.7 Å². The molecule has 1 fully saturated rings. The SMILES string of the molecule is CCN1CCN(C(=O)c2ccc3sc4c(c3c2)CCNC4=O)C(C)C1=O. The summed E-state index contributed by atoms with van der Waals surface area (Å²) in [7, 11) is 0. The van der Waals surface area contributed by atoms with Gasteiger partial charge in [-0.2, -0.15) is 0 Å². The van der Waals surface area contributed by atoms with Crippen molar-refractivity contribution in [1.82, 2.24) is 15.1 Å². The summed E-state index contributed by atoms with van der Waals surface area (Å²) in [5.41, 5.74) is 1.61. The maximum Gasteiger partial charge on any atom is 0.261 e. The quantitative estimate of drug-likeness (QED) is 0.876. The van der Waals surface area contributed by atoms with Gasteiger partial charge in [0, 0.05) is 36.4 Å². The molecule has 2 aromatic rings. The molecule has 2 aliphatic heterocycles. The summed E-state index contributed by atoms with van der Waals surface area (Å²) in [5, 5.41) is 3.85. The average molecular weight is 371 g/mol. The molecule has 1 N–H and O–H groups in total. The molecule has 6 nitrogen and oxygen atoms in total. The molecular weight excluding hydrogens is 350 g/mol. The third-order valence-corrected chi connectivity index (χ3v) is 6.51. The molecule has 4 rings (SSSR count). The molecule has 3 amide bonds. The molecule has 1 atom stereocenters. The Bertz CT molecular complexity index is 920. The Morgan fingerprint density at radius 1 is 1.31 bits per heavy atom. The molecule has 1 unspecified atom stereocenters. The number of nitrogens with zero attached hydrogens (tertiary/aromatic N) is 2. The summed E-state index contributed by atoms with van der Waals surface area (Å²) in [6.45, 7) is 6.15. The average Bonchev–Trinajstić information content (AvgIpc) is 3.03. The fraction of sp³-hybridized carbons (Fsp3) is 0.421. The van der Waals surface area contributed by atoms with Crippen LogP contribution >= 0.6 is 11.3 Å². The van der Waals surface area contributed by atoms with Gasteiger partial charge in [-0.1, -0.05) is 0 Å². The second kappa shape index (κ2) is 6.39. The minimum atomic E-state index is -0.450. The van der Waals surface area contributed by atoms with Crippen molar-refractivity contribution >= 4 is 39.1 Å². The summed E-state index contributed by atoms with van der Waals surface area (Å²) < 4.78 is 1.02. The van der Waals surface area contributed by atoms with Gasteiger partial charge in [0.1, 0.15) is 6.04 Å². The van der Waals surface area contributed by atoms with E-state index in [-0.39, 0.29) is 17.7 Å². The number of hydrogen-bond donors (Lipinski definition) is 1.